The molecule has 1 aliphatic rings. The number of ether oxygens (including phenoxy) is 1. The molecule has 0 saturated carbocycles. The Morgan fingerprint density at radius 2 is 2.15 bits per heavy atom. The number of aromatic nitrogens is 2. The summed E-state index contributed by atoms with van der Waals surface area (Å²) in [7, 11) is 0. The van der Waals surface area contributed by atoms with Crippen molar-refractivity contribution in [2.24, 2.45) is 0 Å². The Morgan fingerprint density at radius 1 is 1.23 bits per heavy atom. The molecular formula is C20H20N4O2. The third-order valence-electron chi connectivity index (χ3n) is 4.44. The molecule has 0 radical (unpaired) electrons. The van der Waals surface area contributed by atoms with E-state index in [0.29, 0.717) is 11.3 Å². The van der Waals surface area contributed by atoms with Gasteiger partial charge in [-0.2, -0.15) is 0 Å². The summed E-state index contributed by atoms with van der Waals surface area (Å²) >= 11 is 0. The maximum Gasteiger partial charge on any atom is 0.257 e. The molecule has 0 aliphatic carbocycles. The second-order valence-corrected chi connectivity index (χ2v) is 6.31. The number of nitrogens with zero attached hydrogens (tertiary/aromatic N) is 2. The molecule has 2 N–H and O–H groups in total. The predicted molar refractivity (Wildman–Crippen MR) is 101 cm³/mol. The first kappa shape index (κ1) is 16.5. The number of rotatable bonds is 5. The van der Waals surface area contributed by atoms with Crippen LogP contribution < -0.4 is 10.6 Å². The number of para-hydroxylation sites is 1. The SMILES string of the molecule is O=C(Nc1cccc2cccnc12)c1cncc(NCC2CCCO2)c1. The van der Waals surface area contributed by atoms with Crippen molar-refractivity contribution < 1.29 is 9.53 Å². The first-order chi connectivity index (χ1) is 12.8. The van der Waals surface area contributed by atoms with Crippen molar-refractivity contribution in [3.63, 3.8) is 0 Å². The summed E-state index contributed by atoms with van der Waals surface area (Å²) in [6.45, 7) is 1.55. The van der Waals surface area contributed by atoms with Crippen molar-refractivity contribution in [1.29, 1.82) is 0 Å². The molecule has 1 fully saturated rings. The average Bonchev–Trinajstić information content (AvgIpc) is 3.20. The van der Waals surface area contributed by atoms with E-state index in [4.69, 9.17) is 4.74 Å². The summed E-state index contributed by atoms with van der Waals surface area (Å²) in [6.07, 6.45) is 7.39. The van der Waals surface area contributed by atoms with E-state index in [1.807, 2.05) is 30.3 Å². The van der Waals surface area contributed by atoms with Crippen LogP contribution in [-0.4, -0.2) is 35.1 Å². The summed E-state index contributed by atoms with van der Waals surface area (Å²) in [4.78, 5) is 21.2. The second kappa shape index (κ2) is 7.49. The van der Waals surface area contributed by atoms with E-state index in [2.05, 4.69) is 20.6 Å². The number of amides is 1. The van der Waals surface area contributed by atoms with Gasteiger partial charge in [-0.3, -0.25) is 14.8 Å². The highest BCUT2D eigenvalue weighted by molar-refractivity contribution is 6.08. The molecule has 6 heteroatoms. The molecule has 4 rings (SSSR count). The van der Waals surface area contributed by atoms with Crippen molar-refractivity contribution in [3.05, 3.63) is 60.6 Å². The van der Waals surface area contributed by atoms with Gasteiger partial charge in [0.15, 0.2) is 0 Å². The third-order valence-corrected chi connectivity index (χ3v) is 4.44. The van der Waals surface area contributed by atoms with E-state index >= 15 is 0 Å². The summed E-state index contributed by atoms with van der Waals surface area (Å²) in [6, 6.07) is 11.4. The van der Waals surface area contributed by atoms with Gasteiger partial charge in [0.2, 0.25) is 0 Å². The lowest BCUT2D eigenvalue weighted by Crippen LogP contribution is -2.19. The van der Waals surface area contributed by atoms with E-state index in [1.54, 1.807) is 24.7 Å². The molecule has 1 unspecified atom stereocenters. The normalized spacial score (nSPS) is 16.5. The fourth-order valence-electron chi connectivity index (χ4n) is 3.10. The van der Waals surface area contributed by atoms with Crippen molar-refractivity contribution >= 4 is 28.2 Å². The highest BCUT2D eigenvalue weighted by Crippen LogP contribution is 2.21. The number of nitrogens with one attached hydrogen (secondary N) is 2. The molecule has 0 spiro atoms. The van der Waals surface area contributed by atoms with Gasteiger partial charge >= 0.3 is 0 Å². The van der Waals surface area contributed by atoms with Gasteiger partial charge in [-0.05, 0) is 31.0 Å². The summed E-state index contributed by atoms with van der Waals surface area (Å²) in [5.74, 6) is -0.212. The van der Waals surface area contributed by atoms with Gasteiger partial charge in [0, 0.05) is 37.1 Å². The topological polar surface area (TPSA) is 76.1 Å². The number of benzene rings is 1. The molecule has 1 aliphatic heterocycles. The van der Waals surface area contributed by atoms with Crippen molar-refractivity contribution in [3.8, 4) is 0 Å². The Hall–Kier alpha value is -2.99. The Kier molecular flexibility index (Phi) is 4.75. The number of carbonyl (C=O) groups excluding carboxylic acids is 1. The minimum atomic E-state index is -0.212. The molecule has 1 aromatic carbocycles. The summed E-state index contributed by atoms with van der Waals surface area (Å²) < 4.78 is 5.60. The quantitative estimate of drug-likeness (QED) is 0.738. The van der Waals surface area contributed by atoms with Crippen LogP contribution in [0.25, 0.3) is 10.9 Å². The first-order valence-corrected chi connectivity index (χ1v) is 8.75. The zero-order valence-corrected chi connectivity index (χ0v) is 14.3. The van der Waals surface area contributed by atoms with Crippen LogP contribution in [-0.2, 0) is 4.74 Å². The number of pyridine rings is 2. The Bertz CT molecular complexity index is 917. The molecule has 132 valence electrons. The average molecular weight is 348 g/mol. The second-order valence-electron chi connectivity index (χ2n) is 6.31. The number of carbonyl (C=O) groups is 1. The van der Waals surface area contributed by atoms with Gasteiger partial charge in [-0.25, -0.2) is 0 Å². The van der Waals surface area contributed by atoms with Gasteiger partial charge in [-0.1, -0.05) is 18.2 Å². The first-order valence-electron chi connectivity index (χ1n) is 8.75. The van der Waals surface area contributed by atoms with Crippen LogP contribution in [0.3, 0.4) is 0 Å². The minimum absolute atomic E-state index is 0.212. The number of fused-ring (bicyclic) bond motifs is 1. The zero-order valence-electron chi connectivity index (χ0n) is 14.3. The van der Waals surface area contributed by atoms with E-state index in [0.717, 1.165) is 42.6 Å². The molecule has 26 heavy (non-hydrogen) atoms. The van der Waals surface area contributed by atoms with Crippen LogP contribution in [0.15, 0.2) is 55.0 Å². The molecule has 2 aromatic heterocycles. The molecular weight excluding hydrogens is 328 g/mol. The number of hydrogen-bond acceptors (Lipinski definition) is 5. The number of hydrogen-bond donors (Lipinski definition) is 2. The van der Waals surface area contributed by atoms with Crippen LogP contribution in [0.1, 0.15) is 23.2 Å². The lowest BCUT2D eigenvalue weighted by atomic mass is 10.1. The maximum atomic E-state index is 12.6. The predicted octanol–water partition coefficient (Wildman–Crippen LogP) is 3.47. The smallest absolute Gasteiger partial charge is 0.257 e. The van der Waals surface area contributed by atoms with Gasteiger partial charge in [-0.15, -0.1) is 0 Å². The molecule has 1 saturated heterocycles. The van der Waals surface area contributed by atoms with Gasteiger partial charge < -0.3 is 15.4 Å². The summed E-state index contributed by atoms with van der Waals surface area (Å²) in [5, 5.41) is 7.21. The molecule has 6 nitrogen and oxygen atoms in total. The van der Waals surface area contributed by atoms with Crippen LogP contribution in [0.5, 0.6) is 0 Å². The molecule has 3 heterocycles. The third kappa shape index (κ3) is 3.65. The van der Waals surface area contributed by atoms with E-state index < -0.39 is 0 Å². The number of anilines is 2. The standard InChI is InChI=1S/C20H20N4O2/c25-20(24-18-7-1-4-14-5-2-8-22-19(14)18)15-10-16(12-21-11-15)23-13-17-6-3-9-26-17/h1-2,4-5,7-8,10-12,17,23H,3,6,9,13H2,(H,24,25). The molecule has 3 aromatic rings. The van der Waals surface area contributed by atoms with Crippen molar-refractivity contribution in [2.45, 2.75) is 18.9 Å². The lowest BCUT2D eigenvalue weighted by molar-refractivity contribution is 0.102. The summed E-state index contributed by atoms with van der Waals surface area (Å²) in [5.41, 5.74) is 2.76. The van der Waals surface area contributed by atoms with Crippen LogP contribution in [0, 0.1) is 0 Å². The molecule has 0 bridgehead atoms. The maximum absolute atomic E-state index is 12.6. The largest absolute Gasteiger partial charge is 0.381 e. The van der Waals surface area contributed by atoms with Crippen LogP contribution in [0.2, 0.25) is 0 Å². The fourth-order valence-corrected chi connectivity index (χ4v) is 3.10. The van der Waals surface area contributed by atoms with Crippen LogP contribution in [0.4, 0.5) is 11.4 Å². The van der Waals surface area contributed by atoms with Crippen molar-refractivity contribution in [2.75, 3.05) is 23.8 Å². The Labute approximate surface area is 151 Å². The van der Waals surface area contributed by atoms with E-state index in [-0.39, 0.29) is 12.0 Å². The minimum Gasteiger partial charge on any atom is -0.381 e. The lowest BCUT2D eigenvalue weighted by Gasteiger charge is -2.12. The Morgan fingerprint density at radius 3 is 3.04 bits per heavy atom. The fraction of sp³-hybridized carbons (Fsp3) is 0.250. The Balaban J connectivity index is 1.48. The van der Waals surface area contributed by atoms with E-state index in [9.17, 15) is 4.79 Å². The molecule has 1 amide bonds. The zero-order chi connectivity index (χ0) is 17.8. The van der Waals surface area contributed by atoms with Gasteiger partial charge in [0.05, 0.1) is 28.6 Å². The highest BCUT2D eigenvalue weighted by atomic mass is 16.5. The van der Waals surface area contributed by atoms with E-state index in [1.165, 1.54) is 0 Å². The van der Waals surface area contributed by atoms with Gasteiger partial charge in [0.1, 0.15) is 0 Å². The molecule has 1 atom stereocenters. The van der Waals surface area contributed by atoms with Crippen molar-refractivity contribution in [1.82, 2.24) is 9.97 Å². The monoisotopic (exact) mass is 348 g/mol. The van der Waals surface area contributed by atoms with Crippen LogP contribution >= 0.6 is 0 Å². The van der Waals surface area contributed by atoms with Gasteiger partial charge in [0.25, 0.3) is 5.91 Å². The highest BCUT2D eigenvalue weighted by Gasteiger charge is 2.15.